The van der Waals surface area contributed by atoms with Crippen LogP contribution in [0.3, 0.4) is 0 Å². The summed E-state index contributed by atoms with van der Waals surface area (Å²) < 4.78 is 22.3. The van der Waals surface area contributed by atoms with Crippen LogP contribution in [-0.4, -0.2) is 47.7 Å². The number of aromatic nitrogens is 4. The maximum absolute atomic E-state index is 13.9. The monoisotopic (exact) mass is 448 g/mol. The van der Waals surface area contributed by atoms with Gasteiger partial charge in [0.1, 0.15) is 28.9 Å². The predicted molar refractivity (Wildman–Crippen MR) is 129 cm³/mol. The highest BCUT2D eigenvalue weighted by atomic mass is 19.1. The lowest BCUT2D eigenvalue weighted by Gasteiger charge is -2.22. The Balaban J connectivity index is 1.80. The standard InChI is InChI=1S/C25H29FN6O/c1-16-23-17(2)32(30-24(23)25(29-28-16)31(4)5)20-11-6-7-12-22(20)33-21(13-14-27-3)18-9-8-10-19(26)15-18/h6-12,15,21,27H,13-14H2,1-5H3. The molecule has 0 spiro atoms. The van der Waals surface area contributed by atoms with Crippen LogP contribution in [0.5, 0.6) is 5.75 Å². The van der Waals surface area contributed by atoms with Gasteiger partial charge in [0.2, 0.25) is 0 Å². The summed E-state index contributed by atoms with van der Waals surface area (Å²) in [4.78, 5) is 1.91. The Morgan fingerprint density at radius 3 is 2.61 bits per heavy atom. The fourth-order valence-corrected chi connectivity index (χ4v) is 4.01. The first-order valence-electron chi connectivity index (χ1n) is 11.0. The largest absolute Gasteiger partial charge is 0.483 e. The molecule has 1 atom stereocenters. The zero-order valence-electron chi connectivity index (χ0n) is 19.6. The van der Waals surface area contributed by atoms with Crippen LogP contribution in [0.1, 0.15) is 29.5 Å². The molecule has 0 saturated heterocycles. The quantitative estimate of drug-likeness (QED) is 0.432. The molecule has 1 N–H and O–H groups in total. The molecule has 4 aromatic rings. The van der Waals surface area contributed by atoms with Gasteiger partial charge in [-0.3, -0.25) is 0 Å². The van der Waals surface area contributed by atoms with Crippen LogP contribution >= 0.6 is 0 Å². The van der Waals surface area contributed by atoms with Crippen LogP contribution in [0.2, 0.25) is 0 Å². The molecule has 0 saturated carbocycles. The lowest BCUT2D eigenvalue weighted by Crippen LogP contribution is -2.17. The molecule has 172 valence electrons. The van der Waals surface area contributed by atoms with E-state index < -0.39 is 0 Å². The maximum atomic E-state index is 13.9. The van der Waals surface area contributed by atoms with Gasteiger partial charge in [0, 0.05) is 20.5 Å². The Kier molecular flexibility index (Phi) is 6.55. The van der Waals surface area contributed by atoms with E-state index in [2.05, 4.69) is 15.5 Å². The van der Waals surface area contributed by atoms with E-state index in [0.29, 0.717) is 18.0 Å². The summed E-state index contributed by atoms with van der Waals surface area (Å²) >= 11 is 0. The highest BCUT2D eigenvalue weighted by Crippen LogP contribution is 2.34. The molecule has 0 aliphatic carbocycles. The van der Waals surface area contributed by atoms with E-state index in [1.54, 1.807) is 6.07 Å². The summed E-state index contributed by atoms with van der Waals surface area (Å²) in [6.07, 6.45) is 0.369. The summed E-state index contributed by atoms with van der Waals surface area (Å²) in [6.45, 7) is 4.69. The maximum Gasteiger partial charge on any atom is 0.179 e. The van der Waals surface area contributed by atoms with Crippen molar-refractivity contribution >= 4 is 16.7 Å². The number of ether oxygens (including phenoxy) is 1. The zero-order valence-corrected chi connectivity index (χ0v) is 19.6. The molecule has 2 heterocycles. The van der Waals surface area contributed by atoms with E-state index in [4.69, 9.17) is 9.84 Å². The number of hydrogen-bond donors (Lipinski definition) is 1. The van der Waals surface area contributed by atoms with Gasteiger partial charge in [0.25, 0.3) is 0 Å². The van der Waals surface area contributed by atoms with Crippen molar-refractivity contribution in [1.29, 1.82) is 0 Å². The number of aryl methyl sites for hydroxylation is 2. The molecule has 0 radical (unpaired) electrons. The van der Waals surface area contributed by atoms with E-state index in [9.17, 15) is 4.39 Å². The third kappa shape index (κ3) is 4.52. The third-order valence-corrected chi connectivity index (χ3v) is 5.65. The molecule has 2 aromatic heterocycles. The minimum atomic E-state index is -0.318. The van der Waals surface area contributed by atoms with Crippen molar-refractivity contribution < 1.29 is 9.13 Å². The number of para-hydroxylation sites is 2. The Bertz CT molecular complexity index is 1270. The Morgan fingerprint density at radius 2 is 1.88 bits per heavy atom. The molecule has 7 nitrogen and oxygen atoms in total. The topological polar surface area (TPSA) is 68.1 Å². The molecule has 0 bridgehead atoms. The van der Waals surface area contributed by atoms with Gasteiger partial charge in [0.05, 0.1) is 16.8 Å². The molecule has 2 aromatic carbocycles. The molecule has 0 aliphatic rings. The third-order valence-electron chi connectivity index (χ3n) is 5.65. The summed E-state index contributed by atoms with van der Waals surface area (Å²) in [5.74, 6) is 1.10. The second-order valence-corrected chi connectivity index (χ2v) is 8.25. The van der Waals surface area contributed by atoms with Gasteiger partial charge in [-0.15, -0.1) is 5.10 Å². The zero-order chi connectivity index (χ0) is 23.5. The summed E-state index contributed by atoms with van der Waals surface area (Å²) in [5.41, 5.74) is 4.16. The van der Waals surface area contributed by atoms with Crippen LogP contribution in [0.15, 0.2) is 48.5 Å². The second-order valence-electron chi connectivity index (χ2n) is 8.25. The van der Waals surface area contributed by atoms with E-state index in [1.807, 2.05) is 74.9 Å². The van der Waals surface area contributed by atoms with Gasteiger partial charge in [-0.25, -0.2) is 9.07 Å². The van der Waals surface area contributed by atoms with E-state index in [-0.39, 0.29) is 11.9 Å². The number of anilines is 1. The van der Waals surface area contributed by atoms with Gasteiger partial charge >= 0.3 is 0 Å². The summed E-state index contributed by atoms with van der Waals surface area (Å²) in [5, 5.41) is 17.7. The highest BCUT2D eigenvalue weighted by molar-refractivity contribution is 5.92. The molecule has 0 fully saturated rings. The Labute approximate surface area is 193 Å². The number of rotatable bonds is 8. The fourth-order valence-electron chi connectivity index (χ4n) is 4.01. The summed E-state index contributed by atoms with van der Waals surface area (Å²) in [6, 6.07) is 14.3. The van der Waals surface area contributed by atoms with Crippen molar-refractivity contribution in [2.24, 2.45) is 0 Å². The smallest absolute Gasteiger partial charge is 0.179 e. The number of fused-ring (bicyclic) bond motifs is 1. The van der Waals surface area contributed by atoms with E-state index >= 15 is 0 Å². The number of halogens is 1. The van der Waals surface area contributed by atoms with Crippen molar-refractivity contribution in [3.63, 3.8) is 0 Å². The lowest BCUT2D eigenvalue weighted by molar-refractivity contribution is 0.194. The van der Waals surface area contributed by atoms with Crippen LogP contribution in [0.4, 0.5) is 10.2 Å². The first-order chi connectivity index (χ1) is 15.9. The van der Waals surface area contributed by atoms with Gasteiger partial charge in [-0.1, -0.05) is 24.3 Å². The predicted octanol–water partition coefficient (Wildman–Crippen LogP) is 4.37. The fraction of sp³-hybridized carbons (Fsp3) is 0.320. The van der Waals surface area contributed by atoms with Crippen molar-refractivity contribution in [2.75, 3.05) is 32.6 Å². The number of nitrogens with one attached hydrogen (secondary N) is 1. The summed E-state index contributed by atoms with van der Waals surface area (Å²) in [7, 11) is 5.74. The molecule has 0 amide bonds. The van der Waals surface area contributed by atoms with Gasteiger partial charge in [-0.2, -0.15) is 10.2 Å². The van der Waals surface area contributed by atoms with Crippen LogP contribution < -0.4 is 15.0 Å². The minimum Gasteiger partial charge on any atom is -0.483 e. The van der Waals surface area contributed by atoms with E-state index in [1.165, 1.54) is 12.1 Å². The molecule has 33 heavy (non-hydrogen) atoms. The van der Waals surface area contributed by atoms with Crippen molar-refractivity contribution in [1.82, 2.24) is 25.3 Å². The first-order valence-corrected chi connectivity index (χ1v) is 11.0. The Hall–Kier alpha value is -3.52. The highest BCUT2D eigenvalue weighted by Gasteiger charge is 2.21. The SMILES string of the molecule is CNCCC(Oc1ccccc1-n1nc2c(N(C)C)nnc(C)c2c1C)c1cccc(F)c1. The van der Waals surface area contributed by atoms with E-state index in [0.717, 1.165) is 40.1 Å². The normalized spacial score (nSPS) is 12.2. The van der Waals surface area contributed by atoms with Crippen molar-refractivity contribution in [3.05, 3.63) is 71.3 Å². The van der Waals surface area contributed by atoms with Crippen LogP contribution in [0, 0.1) is 19.7 Å². The Morgan fingerprint density at radius 1 is 1.09 bits per heavy atom. The average Bonchev–Trinajstić information content (AvgIpc) is 3.14. The molecule has 0 aliphatic heterocycles. The number of hydrogen-bond acceptors (Lipinski definition) is 6. The number of benzene rings is 2. The molecule has 8 heteroatoms. The average molecular weight is 449 g/mol. The first kappa shape index (κ1) is 22.7. The molecule has 1 unspecified atom stereocenters. The van der Waals surface area contributed by atoms with Gasteiger partial charge < -0.3 is 15.0 Å². The van der Waals surface area contributed by atoms with Gasteiger partial charge in [0.15, 0.2) is 5.82 Å². The number of nitrogens with zero attached hydrogens (tertiary/aromatic N) is 5. The molecular weight excluding hydrogens is 419 g/mol. The second kappa shape index (κ2) is 9.54. The lowest BCUT2D eigenvalue weighted by atomic mass is 10.1. The van der Waals surface area contributed by atoms with Crippen molar-refractivity contribution in [2.45, 2.75) is 26.4 Å². The molecular formula is C25H29FN6O. The van der Waals surface area contributed by atoms with Gasteiger partial charge in [-0.05, 0) is 57.3 Å². The van der Waals surface area contributed by atoms with Crippen LogP contribution in [0.25, 0.3) is 16.6 Å². The van der Waals surface area contributed by atoms with Crippen molar-refractivity contribution in [3.8, 4) is 11.4 Å². The minimum absolute atomic E-state index is 0.278. The molecule has 4 rings (SSSR count). The van der Waals surface area contributed by atoms with Crippen LogP contribution in [-0.2, 0) is 0 Å².